The number of rotatable bonds is 6. The van der Waals surface area contributed by atoms with E-state index in [-0.39, 0.29) is 0 Å². The Balaban J connectivity index is 1.51. The number of hydrogen-bond acceptors (Lipinski definition) is 3. The summed E-state index contributed by atoms with van der Waals surface area (Å²) in [7, 11) is 0. The van der Waals surface area contributed by atoms with E-state index in [0.717, 1.165) is 18.2 Å². The topological polar surface area (TPSA) is 52.6 Å². The second-order valence-corrected chi connectivity index (χ2v) is 7.16. The Labute approximate surface area is 138 Å². The lowest BCUT2D eigenvalue weighted by atomic mass is 9.85. The molecule has 2 atom stereocenters. The van der Waals surface area contributed by atoms with E-state index in [2.05, 4.69) is 17.1 Å². The molecule has 1 saturated carbocycles. The van der Waals surface area contributed by atoms with Gasteiger partial charge in [0.1, 0.15) is 0 Å². The molecular formula is C19H28N2O2. The van der Waals surface area contributed by atoms with Crippen molar-refractivity contribution in [1.82, 2.24) is 10.2 Å². The summed E-state index contributed by atoms with van der Waals surface area (Å²) in [5.41, 5.74) is 1.41. The van der Waals surface area contributed by atoms with Gasteiger partial charge in [-0.2, -0.15) is 0 Å². The van der Waals surface area contributed by atoms with Crippen molar-refractivity contribution >= 4 is 5.97 Å². The second kappa shape index (κ2) is 7.45. The zero-order valence-corrected chi connectivity index (χ0v) is 14.0. The maximum absolute atomic E-state index is 11.0. The Kier molecular flexibility index (Phi) is 5.34. The predicted octanol–water partition coefficient (Wildman–Crippen LogP) is 3.13. The summed E-state index contributed by atoms with van der Waals surface area (Å²) in [5, 5.41) is 12.7. The van der Waals surface area contributed by atoms with Crippen LogP contribution in [0.4, 0.5) is 0 Å². The van der Waals surface area contributed by atoms with Gasteiger partial charge in [0.25, 0.3) is 0 Å². The lowest BCUT2D eigenvalue weighted by molar-refractivity contribution is 0.0665. The summed E-state index contributed by atoms with van der Waals surface area (Å²) >= 11 is 0. The van der Waals surface area contributed by atoms with Gasteiger partial charge in [-0.3, -0.25) is 0 Å². The number of likely N-dealkylation sites (tertiary alicyclic amines) is 1. The van der Waals surface area contributed by atoms with Crippen molar-refractivity contribution in [1.29, 1.82) is 0 Å². The molecule has 0 bridgehead atoms. The highest BCUT2D eigenvalue weighted by molar-refractivity contribution is 5.87. The van der Waals surface area contributed by atoms with E-state index in [0.29, 0.717) is 17.5 Å². The third kappa shape index (κ3) is 4.12. The molecule has 2 aliphatic rings. The summed E-state index contributed by atoms with van der Waals surface area (Å²) < 4.78 is 0. The molecule has 23 heavy (non-hydrogen) atoms. The fraction of sp³-hybridized carbons (Fsp3) is 0.632. The molecule has 2 unspecified atom stereocenters. The van der Waals surface area contributed by atoms with E-state index >= 15 is 0 Å². The summed E-state index contributed by atoms with van der Waals surface area (Å²) in [4.78, 5) is 13.7. The lowest BCUT2D eigenvalue weighted by Gasteiger charge is -2.44. The summed E-state index contributed by atoms with van der Waals surface area (Å²) in [6, 6.07) is 8.54. The van der Waals surface area contributed by atoms with E-state index in [1.807, 2.05) is 12.1 Å². The van der Waals surface area contributed by atoms with Crippen LogP contribution >= 0.6 is 0 Å². The van der Waals surface area contributed by atoms with Crippen LogP contribution in [-0.2, 0) is 6.54 Å². The van der Waals surface area contributed by atoms with Gasteiger partial charge in [0.05, 0.1) is 5.56 Å². The van der Waals surface area contributed by atoms with Crippen molar-refractivity contribution in [2.24, 2.45) is 5.92 Å². The molecule has 1 aliphatic carbocycles. The lowest BCUT2D eigenvalue weighted by Crippen LogP contribution is -2.49. The van der Waals surface area contributed by atoms with Crippen LogP contribution in [0.25, 0.3) is 0 Å². The number of hydrogen-bond donors (Lipinski definition) is 2. The fourth-order valence-corrected chi connectivity index (χ4v) is 3.79. The van der Waals surface area contributed by atoms with Gasteiger partial charge >= 0.3 is 5.97 Å². The summed E-state index contributed by atoms with van der Waals surface area (Å²) in [6.45, 7) is 5.50. The molecule has 4 heteroatoms. The molecule has 3 rings (SSSR count). The van der Waals surface area contributed by atoms with E-state index in [4.69, 9.17) is 5.11 Å². The normalized spacial score (nSPS) is 24.1. The Hall–Kier alpha value is -1.39. The second-order valence-electron chi connectivity index (χ2n) is 7.16. The average Bonchev–Trinajstić information content (AvgIpc) is 2.51. The molecule has 2 N–H and O–H groups in total. The van der Waals surface area contributed by atoms with Crippen LogP contribution in [-0.4, -0.2) is 41.1 Å². The number of aromatic carboxylic acids is 1. The number of piperidine rings is 1. The molecule has 126 valence electrons. The highest BCUT2D eigenvalue weighted by Crippen LogP contribution is 2.30. The monoisotopic (exact) mass is 316 g/mol. The number of carboxylic acids is 1. The number of benzene rings is 1. The zero-order chi connectivity index (χ0) is 16.2. The van der Waals surface area contributed by atoms with Crippen molar-refractivity contribution in [3.63, 3.8) is 0 Å². The molecule has 0 amide bonds. The first-order chi connectivity index (χ1) is 11.1. The molecule has 1 aromatic carbocycles. The Morgan fingerprint density at radius 1 is 1.35 bits per heavy atom. The first-order valence-corrected chi connectivity index (χ1v) is 8.93. The van der Waals surface area contributed by atoms with Gasteiger partial charge in [-0.25, -0.2) is 4.79 Å². The first kappa shape index (κ1) is 16.5. The number of nitrogens with zero attached hydrogens (tertiary/aromatic N) is 1. The molecule has 1 heterocycles. The van der Waals surface area contributed by atoms with Crippen LogP contribution in [0.3, 0.4) is 0 Å². The fourth-order valence-electron chi connectivity index (χ4n) is 3.79. The van der Waals surface area contributed by atoms with Crippen LogP contribution in [0.5, 0.6) is 0 Å². The third-order valence-corrected chi connectivity index (χ3v) is 5.59. The minimum absolute atomic E-state index is 0.366. The minimum atomic E-state index is -0.858. The van der Waals surface area contributed by atoms with E-state index in [1.54, 1.807) is 12.1 Å². The van der Waals surface area contributed by atoms with Crippen molar-refractivity contribution in [2.75, 3.05) is 13.1 Å². The maximum Gasteiger partial charge on any atom is 0.335 e. The van der Waals surface area contributed by atoms with Crippen LogP contribution in [0.1, 0.15) is 54.9 Å². The Bertz CT molecular complexity index is 542. The molecule has 1 aliphatic heterocycles. The average molecular weight is 316 g/mol. The minimum Gasteiger partial charge on any atom is -0.478 e. The van der Waals surface area contributed by atoms with Gasteiger partial charge in [-0.05, 0) is 62.8 Å². The molecular weight excluding hydrogens is 288 g/mol. The molecule has 4 nitrogen and oxygen atoms in total. The number of carboxylic acid groups (broad SMARTS) is 1. The molecule has 2 fully saturated rings. The molecule has 1 aromatic rings. The highest BCUT2D eigenvalue weighted by atomic mass is 16.4. The van der Waals surface area contributed by atoms with Gasteiger partial charge in [-0.1, -0.05) is 18.6 Å². The number of carbonyl (C=O) groups is 1. The Morgan fingerprint density at radius 2 is 2.17 bits per heavy atom. The number of nitrogens with one attached hydrogen (secondary N) is 1. The molecule has 0 aromatic heterocycles. The SMILES string of the molecule is CC(NCc1cccc(C(=O)O)c1)C1CCCN(C2CCC2)C1. The van der Waals surface area contributed by atoms with E-state index in [1.165, 1.54) is 45.2 Å². The van der Waals surface area contributed by atoms with Gasteiger partial charge in [0, 0.05) is 25.2 Å². The van der Waals surface area contributed by atoms with Crippen LogP contribution in [0.15, 0.2) is 24.3 Å². The van der Waals surface area contributed by atoms with Crippen LogP contribution in [0.2, 0.25) is 0 Å². The molecule has 1 saturated heterocycles. The highest BCUT2D eigenvalue weighted by Gasteiger charge is 2.31. The van der Waals surface area contributed by atoms with E-state index in [9.17, 15) is 4.79 Å². The van der Waals surface area contributed by atoms with Crippen LogP contribution < -0.4 is 5.32 Å². The predicted molar refractivity (Wildman–Crippen MR) is 91.6 cm³/mol. The quantitative estimate of drug-likeness (QED) is 0.846. The standard InChI is InChI=1S/C19H28N2O2/c1-14(17-7-4-10-21(13-17)18-8-3-9-18)20-12-15-5-2-6-16(11-15)19(22)23/h2,5-6,11,14,17-18,20H,3-4,7-10,12-13H2,1H3,(H,22,23). The van der Waals surface area contributed by atoms with Gasteiger partial charge in [-0.15, -0.1) is 0 Å². The van der Waals surface area contributed by atoms with Gasteiger partial charge in [0.2, 0.25) is 0 Å². The van der Waals surface area contributed by atoms with Crippen molar-refractivity contribution < 1.29 is 9.90 Å². The zero-order valence-electron chi connectivity index (χ0n) is 14.0. The summed E-state index contributed by atoms with van der Waals surface area (Å²) in [5.74, 6) is -0.157. The van der Waals surface area contributed by atoms with Gasteiger partial charge in [0.15, 0.2) is 0 Å². The van der Waals surface area contributed by atoms with Crippen LogP contribution in [0, 0.1) is 5.92 Å². The largest absolute Gasteiger partial charge is 0.478 e. The molecule has 0 spiro atoms. The maximum atomic E-state index is 11.0. The summed E-state index contributed by atoms with van der Waals surface area (Å²) in [6.07, 6.45) is 6.78. The van der Waals surface area contributed by atoms with E-state index < -0.39 is 5.97 Å². The smallest absolute Gasteiger partial charge is 0.335 e. The van der Waals surface area contributed by atoms with Crippen molar-refractivity contribution in [3.8, 4) is 0 Å². The molecule has 0 radical (unpaired) electrons. The third-order valence-electron chi connectivity index (χ3n) is 5.59. The Morgan fingerprint density at radius 3 is 2.87 bits per heavy atom. The van der Waals surface area contributed by atoms with Crippen molar-refractivity contribution in [2.45, 2.75) is 57.7 Å². The van der Waals surface area contributed by atoms with Gasteiger partial charge < -0.3 is 15.3 Å². The first-order valence-electron chi connectivity index (χ1n) is 8.93. The van der Waals surface area contributed by atoms with Crippen molar-refractivity contribution in [3.05, 3.63) is 35.4 Å².